The Labute approximate surface area is 139 Å². The lowest BCUT2D eigenvalue weighted by molar-refractivity contribution is 0.102. The first-order chi connectivity index (χ1) is 11.1. The van der Waals surface area contributed by atoms with Crippen molar-refractivity contribution in [3.05, 3.63) is 41.3 Å². The Bertz CT molecular complexity index is 717. The van der Waals surface area contributed by atoms with Crippen molar-refractivity contribution >= 4 is 29.0 Å². The molecule has 0 saturated heterocycles. The zero-order valence-electron chi connectivity index (χ0n) is 12.5. The fourth-order valence-electron chi connectivity index (χ4n) is 2.57. The van der Waals surface area contributed by atoms with Gasteiger partial charge in [0.25, 0.3) is 5.91 Å². The molecule has 3 N–H and O–H groups in total. The van der Waals surface area contributed by atoms with Gasteiger partial charge in [-0.05, 0) is 43.9 Å². The Balaban J connectivity index is 1.70. The van der Waals surface area contributed by atoms with Crippen molar-refractivity contribution in [2.45, 2.75) is 31.8 Å². The number of halogens is 1. The molecule has 7 heteroatoms. The zero-order chi connectivity index (χ0) is 16.2. The van der Waals surface area contributed by atoms with Crippen LogP contribution in [0.5, 0.6) is 5.75 Å². The Morgan fingerprint density at radius 1 is 1.26 bits per heavy atom. The SMILES string of the molecule is Nc1nccnc1C(=O)Nc1ccc(OC2CCCC2)c(Cl)c1. The van der Waals surface area contributed by atoms with E-state index in [1.165, 1.54) is 25.2 Å². The average molecular weight is 333 g/mol. The topological polar surface area (TPSA) is 90.1 Å². The van der Waals surface area contributed by atoms with Gasteiger partial charge in [-0.3, -0.25) is 4.79 Å². The van der Waals surface area contributed by atoms with Gasteiger partial charge in [-0.2, -0.15) is 0 Å². The van der Waals surface area contributed by atoms with E-state index in [1.807, 2.05) is 0 Å². The highest BCUT2D eigenvalue weighted by Crippen LogP contribution is 2.31. The average Bonchev–Trinajstić information content (AvgIpc) is 3.03. The molecule has 1 aromatic carbocycles. The van der Waals surface area contributed by atoms with Crippen molar-refractivity contribution in [3.8, 4) is 5.75 Å². The van der Waals surface area contributed by atoms with Gasteiger partial charge in [0.2, 0.25) is 0 Å². The third-order valence-corrected chi connectivity index (χ3v) is 4.02. The number of hydrogen-bond acceptors (Lipinski definition) is 5. The van der Waals surface area contributed by atoms with Crippen LogP contribution in [0, 0.1) is 0 Å². The molecular weight excluding hydrogens is 316 g/mol. The summed E-state index contributed by atoms with van der Waals surface area (Å²) in [5.41, 5.74) is 6.26. The van der Waals surface area contributed by atoms with Crippen LogP contribution in [0.2, 0.25) is 5.02 Å². The summed E-state index contributed by atoms with van der Waals surface area (Å²) >= 11 is 6.24. The second-order valence-electron chi connectivity index (χ2n) is 5.41. The van der Waals surface area contributed by atoms with Gasteiger partial charge in [0, 0.05) is 18.1 Å². The molecule has 6 nitrogen and oxygen atoms in total. The van der Waals surface area contributed by atoms with Crippen LogP contribution in [0.4, 0.5) is 11.5 Å². The molecule has 0 atom stereocenters. The summed E-state index contributed by atoms with van der Waals surface area (Å²) in [6.07, 6.45) is 7.56. The highest BCUT2D eigenvalue weighted by Gasteiger charge is 2.18. The number of carbonyl (C=O) groups is 1. The third-order valence-electron chi connectivity index (χ3n) is 3.73. The fraction of sp³-hybridized carbons (Fsp3) is 0.312. The van der Waals surface area contributed by atoms with E-state index >= 15 is 0 Å². The maximum Gasteiger partial charge on any atom is 0.278 e. The number of nitrogens with one attached hydrogen (secondary N) is 1. The molecule has 1 amide bonds. The minimum atomic E-state index is -0.434. The van der Waals surface area contributed by atoms with Gasteiger partial charge in [0.05, 0.1) is 11.1 Å². The standard InChI is InChI=1S/C16H17ClN4O2/c17-12-9-10(5-6-13(12)23-11-3-1-2-4-11)21-16(22)14-15(18)20-8-7-19-14/h5-9,11H,1-4H2,(H2,18,20)(H,21,22). The highest BCUT2D eigenvalue weighted by atomic mass is 35.5. The first-order valence-corrected chi connectivity index (χ1v) is 7.85. The van der Waals surface area contributed by atoms with Crippen LogP contribution in [0.1, 0.15) is 36.2 Å². The lowest BCUT2D eigenvalue weighted by Gasteiger charge is -2.15. The molecule has 0 aliphatic heterocycles. The third kappa shape index (κ3) is 3.71. The van der Waals surface area contributed by atoms with E-state index in [-0.39, 0.29) is 17.6 Å². The molecule has 2 aromatic rings. The fourth-order valence-corrected chi connectivity index (χ4v) is 2.80. The number of amides is 1. The van der Waals surface area contributed by atoms with Gasteiger partial charge < -0.3 is 15.8 Å². The quantitative estimate of drug-likeness (QED) is 0.896. The molecule has 1 aliphatic rings. The molecule has 3 rings (SSSR count). The molecule has 0 unspecified atom stereocenters. The van der Waals surface area contributed by atoms with Gasteiger partial charge in [-0.25, -0.2) is 9.97 Å². The number of nitrogens with two attached hydrogens (primary N) is 1. The number of nitrogens with zero attached hydrogens (tertiary/aromatic N) is 2. The molecule has 120 valence electrons. The van der Waals surface area contributed by atoms with E-state index in [9.17, 15) is 4.79 Å². The largest absolute Gasteiger partial charge is 0.489 e. The van der Waals surface area contributed by atoms with Crippen LogP contribution in [-0.4, -0.2) is 22.0 Å². The lowest BCUT2D eigenvalue weighted by atomic mass is 10.2. The summed E-state index contributed by atoms with van der Waals surface area (Å²) in [5, 5.41) is 3.16. The molecule has 0 bridgehead atoms. The molecule has 23 heavy (non-hydrogen) atoms. The molecule has 1 heterocycles. The van der Waals surface area contributed by atoms with E-state index in [1.54, 1.807) is 18.2 Å². The van der Waals surface area contributed by atoms with Gasteiger partial charge in [-0.1, -0.05) is 11.6 Å². The molecular formula is C16H17ClN4O2. The Hall–Kier alpha value is -2.34. The molecule has 0 radical (unpaired) electrons. The Morgan fingerprint density at radius 2 is 2.00 bits per heavy atom. The molecule has 0 spiro atoms. The summed E-state index contributed by atoms with van der Waals surface area (Å²) in [6.45, 7) is 0. The number of aromatic nitrogens is 2. The summed E-state index contributed by atoms with van der Waals surface area (Å²) in [5.74, 6) is 0.281. The van der Waals surface area contributed by atoms with Crippen LogP contribution in [0.15, 0.2) is 30.6 Å². The molecule has 1 aromatic heterocycles. The van der Waals surface area contributed by atoms with Crippen molar-refractivity contribution in [3.63, 3.8) is 0 Å². The highest BCUT2D eigenvalue weighted by molar-refractivity contribution is 6.32. The van der Waals surface area contributed by atoms with Crippen molar-refractivity contribution in [2.75, 3.05) is 11.1 Å². The van der Waals surface area contributed by atoms with Gasteiger partial charge in [0.1, 0.15) is 5.75 Å². The minimum Gasteiger partial charge on any atom is -0.489 e. The zero-order valence-corrected chi connectivity index (χ0v) is 13.2. The summed E-state index contributed by atoms with van der Waals surface area (Å²) in [6, 6.07) is 5.15. The predicted molar refractivity (Wildman–Crippen MR) is 88.7 cm³/mol. The smallest absolute Gasteiger partial charge is 0.278 e. The maximum absolute atomic E-state index is 12.1. The second kappa shape index (κ2) is 6.83. The number of rotatable bonds is 4. The Kier molecular flexibility index (Phi) is 4.62. The summed E-state index contributed by atoms with van der Waals surface area (Å²) < 4.78 is 5.88. The van der Waals surface area contributed by atoms with Crippen LogP contribution >= 0.6 is 11.6 Å². The summed E-state index contributed by atoms with van der Waals surface area (Å²) in [4.78, 5) is 19.9. The Morgan fingerprint density at radius 3 is 2.70 bits per heavy atom. The first kappa shape index (κ1) is 15.6. The normalized spacial score (nSPS) is 14.7. The first-order valence-electron chi connectivity index (χ1n) is 7.47. The lowest BCUT2D eigenvalue weighted by Crippen LogP contribution is -2.16. The predicted octanol–water partition coefficient (Wildman–Crippen LogP) is 3.29. The van der Waals surface area contributed by atoms with E-state index in [0.29, 0.717) is 16.5 Å². The molecule has 1 fully saturated rings. The number of benzene rings is 1. The van der Waals surface area contributed by atoms with Crippen molar-refractivity contribution in [2.24, 2.45) is 0 Å². The van der Waals surface area contributed by atoms with Gasteiger partial charge >= 0.3 is 0 Å². The van der Waals surface area contributed by atoms with Crippen molar-refractivity contribution in [1.82, 2.24) is 9.97 Å². The number of carbonyl (C=O) groups excluding carboxylic acids is 1. The van der Waals surface area contributed by atoms with Gasteiger partial charge in [-0.15, -0.1) is 0 Å². The minimum absolute atomic E-state index is 0.0786. The van der Waals surface area contributed by atoms with Gasteiger partial charge in [0.15, 0.2) is 11.5 Å². The summed E-state index contributed by atoms with van der Waals surface area (Å²) in [7, 11) is 0. The van der Waals surface area contributed by atoms with Crippen LogP contribution in [0.3, 0.4) is 0 Å². The van der Waals surface area contributed by atoms with Crippen molar-refractivity contribution in [1.29, 1.82) is 0 Å². The van der Waals surface area contributed by atoms with Crippen LogP contribution in [-0.2, 0) is 0 Å². The van der Waals surface area contributed by atoms with E-state index in [4.69, 9.17) is 22.1 Å². The van der Waals surface area contributed by atoms with E-state index in [0.717, 1.165) is 12.8 Å². The second-order valence-corrected chi connectivity index (χ2v) is 5.82. The maximum atomic E-state index is 12.1. The number of anilines is 2. The monoisotopic (exact) mass is 332 g/mol. The van der Waals surface area contributed by atoms with Crippen molar-refractivity contribution < 1.29 is 9.53 Å². The number of hydrogen-bond donors (Lipinski definition) is 2. The molecule has 1 saturated carbocycles. The van der Waals surface area contributed by atoms with Crippen LogP contribution < -0.4 is 15.8 Å². The van der Waals surface area contributed by atoms with E-state index < -0.39 is 5.91 Å². The van der Waals surface area contributed by atoms with E-state index in [2.05, 4.69) is 15.3 Å². The molecule has 1 aliphatic carbocycles. The number of nitrogen functional groups attached to an aromatic ring is 1. The van der Waals surface area contributed by atoms with Crippen LogP contribution in [0.25, 0.3) is 0 Å². The number of ether oxygens (including phenoxy) is 1.